The molecule has 8 heteroatoms. The molecule has 0 N–H and O–H groups in total. The molecule has 2 amide bonds. The fourth-order valence-corrected chi connectivity index (χ4v) is 4.13. The van der Waals surface area contributed by atoms with Crippen molar-refractivity contribution in [2.24, 2.45) is 5.92 Å². The van der Waals surface area contributed by atoms with Gasteiger partial charge in [0.05, 0.1) is 11.4 Å². The first-order valence-corrected chi connectivity index (χ1v) is 10.3. The van der Waals surface area contributed by atoms with E-state index >= 15 is 0 Å². The van der Waals surface area contributed by atoms with E-state index in [0.29, 0.717) is 37.1 Å². The molecule has 2 aliphatic rings. The fourth-order valence-electron chi connectivity index (χ4n) is 3.30. The Bertz CT molecular complexity index is 840. The number of para-hydroxylation sites is 1. The van der Waals surface area contributed by atoms with E-state index in [4.69, 9.17) is 0 Å². The molecular weight excluding hydrogens is 362 g/mol. The second kappa shape index (κ2) is 7.72. The van der Waals surface area contributed by atoms with Crippen molar-refractivity contribution in [1.29, 1.82) is 0 Å². The molecule has 0 spiro atoms. The van der Waals surface area contributed by atoms with Gasteiger partial charge in [-0.2, -0.15) is 0 Å². The minimum atomic E-state index is 0.0813. The summed E-state index contributed by atoms with van der Waals surface area (Å²) in [7, 11) is 0. The average molecular weight is 385 g/mol. The Morgan fingerprint density at radius 2 is 1.81 bits per heavy atom. The molecule has 1 saturated heterocycles. The topological polar surface area (TPSA) is 71.3 Å². The molecule has 1 aliphatic heterocycles. The Kier molecular flexibility index (Phi) is 5.15. The molecule has 0 radical (unpaired) electrons. The van der Waals surface area contributed by atoms with Crippen LogP contribution in [0.4, 0.5) is 0 Å². The van der Waals surface area contributed by atoms with E-state index < -0.39 is 0 Å². The van der Waals surface area contributed by atoms with Gasteiger partial charge in [0.25, 0.3) is 0 Å². The maximum Gasteiger partial charge on any atom is 0.233 e. The van der Waals surface area contributed by atoms with Gasteiger partial charge in [-0.3, -0.25) is 14.2 Å². The van der Waals surface area contributed by atoms with Crippen LogP contribution in [-0.4, -0.2) is 68.3 Å². The molecule has 1 saturated carbocycles. The van der Waals surface area contributed by atoms with Gasteiger partial charge in [-0.15, -0.1) is 10.2 Å². The molecular formula is C19H23N5O2S. The summed E-state index contributed by atoms with van der Waals surface area (Å²) in [6.45, 7) is 4.55. The molecule has 1 aromatic carbocycles. The van der Waals surface area contributed by atoms with E-state index in [9.17, 15) is 9.59 Å². The highest BCUT2D eigenvalue weighted by molar-refractivity contribution is 7.99. The summed E-state index contributed by atoms with van der Waals surface area (Å²) >= 11 is 1.40. The minimum absolute atomic E-state index is 0.0813. The van der Waals surface area contributed by atoms with Crippen molar-refractivity contribution >= 4 is 23.6 Å². The van der Waals surface area contributed by atoms with Crippen LogP contribution in [0.1, 0.15) is 18.4 Å². The van der Waals surface area contributed by atoms with Crippen LogP contribution >= 0.6 is 11.8 Å². The predicted molar refractivity (Wildman–Crippen MR) is 103 cm³/mol. The lowest BCUT2D eigenvalue weighted by molar-refractivity contribution is -0.139. The Hall–Kier alpha value is -2.35. The number of benzene rings is 1. The molecule has 2 heterocycles. The summed E-state index contributed by atoms with van der Waals surface area (Å²) in [6, 6.07) is 8.02. The predicted octanol–water partition coefficient (Wildman–Crippen LogP) is 1.75. The highest BCUT2D eigenvalue weighted by atomic mass is 32.2. The van der Waals surface area contributed by atoms with Gasteiger partial charge in [-0.25, -0.2) is 0 Å². The summed E-state index contributed by atoms with van der Waals surface area (Å²) < 4.78 is 1.92. The van der Waals surface area contributed by atoms with E-state index in [1.165, 1.54) is 11.8 Å². The average Bonchev–Trinajstić information content (AvgIpc) is 3.44. The van der Waals surface area contributed by atoms with Crippen LogP contribution in [0.25, 0.3) is 5.69 Å². The largest absolute Gasteiger partial charge is 0.339 e. The number of carbonyl (C=O) groups excluding carboxylic acids is 2. The van der Waals surface area contributed by atoms with Crippen molar-refractivity contribution in [2.75, 3.05) is 31.9 Å². The quantitative estimate of drug-likeness (QED) is 0.734. The molecule has 2 aromatic rings. The van der Waals surface area contributed by atoms with Gasteiger partial charge in [0.15, 0.2) is 5.16 Å². The van der Waals surface area contributed by atoms with Gasteiger partial charge >= 0.3 is 0 Å². The third-order valence-corrected chi connectivity index (χ3v) is 6.01. The van der Waals surface area contributed by atoms with Crippen molar-refractivity contribution in [3.05, 3.63) is 36.2 Å². The van der Waals surface area contributed by atoms with Crippen LogP contribution in [0.3, 0.4) is 0 Å². The highest BCUT2D eigenvalue weighted by Gasteiger charge is 2.35. The number of nitrogens with zero attached hydrogens (tertiary/aromatic N) is 5. The van der Waals surface area contributed by atoms with Gasteiger partial charge in [0, 0.05) is 32.1 Å². The van der Waals surface area contributed by atoms with Crippen molar-refractivity contribution in [3.8, 4) is 5.69 Å². The number of aromatic nitrogens is 3. The molecule has 1 aliphatic carbocycles. The summed E-state index contributed by atoms with van der Waals surface area (Å²) in [5.74, 6) is 0.914. The zero-order chi connectivity index (χ0) is 18.8. The molecule has 0 bridgehead atoms. The number of carbonyl (C=O) groups is 2. The summed E-state index contributed by atoms with van der Waals surface area (Å²) in [6.07, 6.45) is 3.73. The van der Waals surface area contributed by atoms with Gasteiger partial charge in [0.2, 0.25) is 11.8 Å². The van der Waals surface area contributed by atoms with Gasteiger partial charge < -0.3 is 9.80 Å². The smallest absolute Gasteiger partial charge is 0.233 e. The van der Waals surface area contributed by atoms with E-state index in [-0.39, 0.29) is 17.7 Å². The highest BCUT2D eigenvalue weighted by Crippen LogP contribution is 2.31. The van der Waals surface area contributed by atoms with Crippen LogP contribution in [0.15, 0.2) is 35.7 Å². The van der Waals surface area contributed by atoms with E-state index in [1.807, 2.05) is 45.6 Å². The molecule has 142 valence electrons. The maximum absolute atomic E-state index is 12.6. The Morgan fingerprint density at radius 3 is 2.52 bits per heavy atom. The monoisotopic (exact) mass is 385 g/mol. The first kappa shape index (κ1) is 18.0. The number of hydrogen-bond acceptors (Lipinski definition) is 5. The normalized spacial score (nSPS) is 17.2. The minimum Gasteiger partial charge on any atom is -0.339 e. The number of amides is 2. The molecule has 2 fully saturated rings. The fraction of sp³-hybridized carbons (Fsp3) is 0.474. The number of rotatable bonds is 5. The third kappa shape index (κ3) is 4.00. The summed E-state index contributed by atoms with van der Waals surface area (Å²) in [5, 5.41) is 8.88. The number of piperazine rings is 1. The van der Waals surface area contributed by atoms with Crippen LogP contribution in [-0.2, 0) is 9.59 Å². The van der Waals surface area contributed by atoms with Gasteiger partial charge in [0.1, 0.15) is 6.33 Å². The van der Waals surface area contributed by atoms with Crippen LogP contribution < -0.4 is 0 Å². The van der Waals surface area contributed by atoms with Gasteiger partial charge in [-0.1, -0.05) is 30.0 Å². The molecule has 4 rings (SSSR count). The van der Waals surface area contributed by atoms with Gasteiger partial charge in [-0.05, 0) is 31.4 Å². The van der Waals surface area contributed by atoms with Crippen LogP contribution in [0, 0.1) is 12.8 Å². The van der Waals surface area contributed by atoms with E-state index in [1.54, 1.807) is 6.33 Å². The van der Waals surface area contributed by atoms with Crippen molar-refractivity contribution < 1.29 is 9.59 Å². The second-order valence-corrected chi connectivity index (χ2v) is 7.98. The first-order valence-electron chi connectivity index (χ1n) is 9.29. The molecule has 27 heavy (non-hydrogen) atoms. The van der Waals surface area contributed by atoms with Crippen LogP contribution in [0.5, 0.6) is 0 Å². The zero-order valence-corrected chi connectivity index (χ0v) is 16.2. The summed E-state index contributed by atoms with van der Waals surface area (Å²) in [4.78, 5) is 28.4. The summed E-state index contributed by atoms with van der Waals surface area (Å²) in [5.41, 5.74) is 2.14. The second-order valence-electron chi connectivity index (χ2n) is 7.04. The zero-order valence-electron chi connectivity index (χ0n) is 15.4. The Balaban J connectivity index is 1.32. The molecule has 0 unspecified atom stereocenters. The van der Waals surface area contributed by atoms with Crippen LogP contribution in [0.2, 0.25) is 0 Å². The maximum atomic E-state index is 12.6. The lowest BCUT2D eigenvalue weighted by atomic mass is 10.2. The van der Waals surface area contributed by atoms with E-state index in [2.05, 4.69) is 10.2 Å². The third-order valence-electron chi connectivity index (χ3n) is 5.09. The van der Waals surface area contributed by atoms with Crippen molar-refractivity contribution in [1.82, 2.24) is 24.6 Å². The lowest BCUT2D eigenvalue weighted by Crippen LogP contribution is -2.51. The molecule has 1 aromatic heterocycles. The number of aryl methyl sites for hydroxylation is 1. The van der Waals surface area contributed by atoms with E-state index in [0.717, 1.165) is 24.1 Å². The number of hydrogen-bond donors (Lipinski definition) is 0. The Labute approximate surface area is 162 Å². The Morgan fingerprint density at radius 1 is 1.11 bits per heavy atom. The number of thioether (sulfide) groups is 1. The first-order chi connectivity index (χ1) is 13.1. The standard InChI is InChI=1S/C19H23N5O2S/c1-14-4-2-3-5-16(14)24-13-20-21-19(24)27-12-17(25)22-8-10-23(11-9-22)18(26)15-6-7-15/h2-5,13,15H,6-12H2,1H3. The lowest BCUT2D eigenvalue weighted by Gasteiger charge is -2.34. The molecule has 0 atom stereocenters. The van der Waals surface area contributed by atoms with Crippen molar-refractivity contribution in [3.63, 3.8) is 0 Å². The SMILES string of the molecule is Cc1ccccc1-n1cnnc1SCC(=O)N1CCN(C(=O)C2CC2)CC1. The van der Waals surface area contributed by atoms with Crippen molar-refractivity contribution in [2.45, 2.75) is 24.9 Å². The molecule has 7 nitrogen and oxygen atoms in total.